The van der Waals surface area contributed by atoms with E-state index in [1.165, 1.54) is 0 Å². The molecule has 0 radical (unpaired) electrons. The molecule has 1 aliphatic rings. The van der Waals surface area contributed by atoms with E-state index in [1.807, 2.05) is 29.2 Å². The first-order valence-corrected chi connectivity index (χ1v) is 10.4. The van der Waals surface area contributed by atoms with E-state index in [1.54, 1.807) is 44.2 Å². The van der Waals surface area contributed by atoms with Gasteiger partial charge in [0.1, 0.15) is 0 Å². The number of ether oxygens (including phenoxy) is 2. The van der Waals surface area contributed by atoms with Gasteiger partial charge in [-0.1, -0.05) is 27.7 Å². The fourth-order valence-electron chi connectivity index (χ4n) is 2.75. The number of thioether (sulfide) groups is 1. The summed E-state index contributed by atoms with van der Waals surface area (Å²) in [7, 11) is 3.14. The van der Waals surface area contributed by atoms with E-state index in [0.717, 1.165) is 34.0 Å². The summed E-state index contributed by atoms with van der Waals surface area (Å²) in [4.78, 5) is 19.6. The minimum Gasteiger partial charge on any atom is -0.493 e. The highest BCUT2D eigenvalue weighted by Crippen LogP contribution is 2.29. The van der Waals surface area contributed by atoms with E-state index in [0.29, 0.717) is 17.1 Å². The van der Waals surface area contributed by atoms with Gasteiger partial charge in [-0.15, -0.1) is 17.0 Å². The second-order valence-corrected chi connectivity index (χ2v) is 7.90. The van der Waals surface area contributed by atoms with E-state index in [9.17, 15) is 4.79 Å². The molecule has 0 bridgehead atoms. The Morgan fingerprint density at radius 2 is 1.86 bits per heavy atom. The number of amidine groups is 1. The predicted molar refractivity (Wildman–Crippen MR) is 125 cm³/mol. The molecular weight excluding hydrogens is 508 g/mol. The Morgan fingerprint density at radius 1 is 1.14 bits per heavy atom. The molecule has 0 saturated heterocycles. The Labute approximate surface area is 188 Å². The number of methoxy groups -OCH3 is 2. The zero-order valence-corrected chi connectivity index (χ0v) is 19.8. The first-order valence-electron chi connectivity index (χ1n) is 8.58. The monoisotopic (exact) mass is 528 g/mol. The van der Waals surface area contributed by atoms with Crippen LogP contribution in [0.3, 0.4) is 0 Å². The standard InChI is InChI=1S/C20H21BrN2O3S.BrH/c1-25-18-9-4-14(12-19(18)26-2)17(24)13-23(20-22-10-3-11-27-20)16-7-5-15(21)6-8-16;/h4-9,12H,3,10-11,13H2,1-2H3;1H. The third kappa shape index (κ3) is 5.52. The molecule has 8 heteroatoms. The maximum atomic E-state index is 13.0. The lowest BCUT2D eigenvalue weighted by atomic mass is 10.1. The van der Waals surface area contributed by atoms with Crippen molar-refractivity contribution in [3.63, 3.8) is 0 Å². The summed E-state index contributed by atoms with van der Waals surface area (Å²) in [6.45, 7) is 1.00. The number of carbonyl (C=O) groups excluding carboxylic acids is 1. The predicted octanol–water partition coefficient (Wildman–Crippen LogP) is 5.23. The molecule has 5 nitrogen and oxygen atoms in total. The lowest BCUT2D eigenvalue weighted by Gasteiger charge is -2.27. The van der Waals surface area contributed by atoms with Crippen LogP contribution in [0, 0.1) is 0 Å². The number of rotatable bonds is 6. The average Bonchev–Trinajstić information content (AvgIpc) is 2.72. The zero-order chi connectivity index (χ0) is 19.2. The highest BCUT2D eigenvalue weighted by atomic mass is 79.9. The molecule has 3 rings (SSSR count). The van der Waals surface area contributed by atoms with Crippen molar-refractivity contribution in [2.75, 3.05) is 38.0 Å². The molecule has 28 heavy (non-hydrogen) atoms. The molecule has 1 aliphatic heterocycles. The van der Waals surface area contributed by atoms with Crippen molar-refractivity contribution in [1.29, 1.82) is 0 Å². The summed E-state index contributed by atoms with van der Waals surface area (Å²) in [6.07, 6.45) is 1.06. The Hall–Kier alpha value is -1.51. The van der Waals surface area contributed by atoms with Crippen molar-refractivity contribution in [3.8, 4) is 11.5 Å². The number of Topliss-reactive ketones (excluding diaryl/α,β-unsaturated/α-hetero) is 1. The van der Waals surface area contributed by atoms with Gasteiger partial charge >= 0.3 is 0 Å². The van der Waals surface area contributed by atoms with Gasteiger partial charge in [-0.2, -0.15) is 0 Å². The molecule has 0 aromatic heterocycles. The van der Waals surface area contributed by atoms with Crippen molar-refractivity contribution >= 4 is 61.3 Å². The van der Waals surface area contributed by atoms with Crippen LogP contribution in [-0.2, 0) is 0 Å². The van der Waals surface area contributed by atoms with Crippen LogP contribution in [0.4, 0.5) is 5.69 Å². The molecule has 0 saturated carbocycles. The number of hydrogen-bond acceptors (Lipinski definition) is 6. The maximum Gasteiger partial charge on any atom is 0.182 e. The number of aliphatic imine (C=N–C) groups is 1. The summed E-state index contributed by atoms with van der Waals surface area (Å²) >= 11 is 5.15. The van der Waals surface area contributed by atoms with Crippen molar-refractivity contribution < 1.29 is 14.3 Å². The molecule has 0 unspecified atom stereocenters. The van der Waals surface area contributed by atoms with Gasteiger partial charge in [0.25, 0.3) is 0 Å². The van der Waals surface area contributed by atoms with E-state index >= 15 is 0 Å². The summed E-state index contributed by atoms with van der Waals surface area (Å²) in [6, 6.07) is 13.2. The number of hydrogen-bond donors (Lipinski definition) is 0. The van der Waals surface area contributed by atoms with Crippen molar-refractivity contribution in [2.24, 2.45) is 4.99 Å². The van der Waals surface area contributed by atoms with Crippen LogP contribution < -0.4 is 14.4 Å². The van der Waals surface area contributed by atoms with Gasteiger partial charge in [-0.3, -0.25) is 9.79 Å². The summed E-state index contributed by atoms with van der Waals surface area (Å²) in [5.41, 5.74) is 1.52. The van der Waals surface area contributed by atoms with Crippen LogP contribution in [0.1, 0.15) is 16.8 Å². The molecule has 1 heterocycles. The Kier molecular flexibility index (Phi) is 8.85. The molecule has 0 atom stereocenters. The second kappa shape index (κ2) is 10.9. The largest absolute Gasteiger partial charge is 0.493 e. The lowest BCUT2D eigenvalue weighted by Crippen LogP contribution is -2.35. The fraction of sp³-hybridized carbons (Fsp3) is 0.300. The van der Waals surface area contributed by atoms with Crippen LogP contribution >= 0.6 is 44.7 Å². The number of benzene rings is 2. The average molecular weight is 530 g/mol. The van der Waals surface area contributed by atoms with Gasteiger partial charge < -0.3 is 14.4 Å². The van der Waals surface area contributed by atoms with Gasteiger partial charge in [-0.25, -0.2) is 0 Å². The third-order valence-corrected chi connectivity index (χ3v) is 5.79. The number of carbonyl (C=O) groups is 1. The molecule has 2 aromatic carbocycles. The molecule has 2 aromatic rings. The molecule has 0 aliphatic carbocycles. The SMILES string of the molecule is Br.COc1ccc(C(=O)CN(C2=NCCCS2)c2ccc(Br)cc2)cc1OC. The molecular formula is C20H22Br2N2O3S. The number of ketones is 1. The molecule has 0 N–H and O–H groups in total. The van der Waals surface area contributed by atoms with E-state index in [4.69, 9.17) is 9.47 Å². The van der Waals surface area contributed by atoms with Crippen molar-refractivity contribution in [3.05, 3.63) is 52.5 Å². The minimum absolute atomic E-state index is 0. The van der Waals surface area contributed by atoms with E-state index in [-0.39, 0.29) is 29.3 Å². The van der Waals surface area contributed by atoms with Crippen molar-refractivity contribution in [1.82, 2.24) is 0 Å². The van der Waals surface area contributed by atoms with Crippen LogP contribution in [0.25, 0.3) is 0 Å². The normalized spacial score (nSPS) is 13.2. The van der Waals surface area contributed by atoms with Crippen molar-refractivity contribution in [2.45, 2.75) is 6.42 Å². The number of nitrogens with zero attached hydrogens (tertiary/aromatic N) is 2. The van der Waals surface area contributed by atoms with E-state index < -0.39 is 0 Å². The number of anilines is 1. The second-order valence-electron chi connectivity index (χ2n) is 5.92. The van der Waals surface area contributed by atoms with Crippen LogP contribution in [0.5, 0.6) is 11.5 Å². The summed E-state index contributed by atoms with van der Waals surface area (Å²) < 4.78 is 11.6. The summed E-state index contributed by atoms with van der Waals surface area (Å²) in [5.74, 6) is 2.15. The highest BCUT2D eigenvalue weighted by Gasteiger charge is 2.21. The van der Waals surface area contributed by atoms with E-state index in [2.05, 4.69) is 20.9 Å². The topological polar surface area (TPSA) is 51.1 Å². The maximum absolute atomic E-state index is 13.0. The Morgan fingerprint density at radius 3 is 2.46 bits per heavy atom. The van der Waals surface area contributed by atoms with Crippen LogP contribution in [0.2, 0.25) is 0 Å². The molecule has 150 valence electrons. The smallest absolute Gasteiger partial charge is 0.182 e. The van der Waals surface area contributed by atoms with Crippen LogP contribution in [0.15, 0.2) is 51.9 Å². The first-order chi connectivity index (χ1) is 13.1. The number of halogens is 2. The quantitative estimate of drug-likeness (QED) is 0.480. The molecule has 0 spiro atoms. The Balaban J connectivity index is 0.00000280. The molecule has 0 amide bonds. The van der Waals surface area contributed by atoms with Gasteiger partial charge in [-0.05, 0) is 48.9 Å². The lowest BCUT2D eigenvalue weighted by molar-refractivity contribution is 0.100. The third-order valence-electron chi connectivity index (χ3n) is 4.16. The summed E-state index contributed by atoms with van der Waals surface area (Å²) in [5, 5.41) is 0.886. The Bertz CT molecular complexity index is 844. The first kappa shape index (κ1) is 22.8. The van der Waals surface area contributed by atoms with Gasteiger partial charge in [0.15, 0.2) is 22.4 Å². The fourth-order valence-corrected chi connectivity index (χ4v) is 3.98. The molecule has 0 fully saturated rings. The van der Waals surface area contributed by atoms with Gasteiger partial charge in [0.2, 0.25) is 0 Å². The minimum atomic E-state index is -0.00672. The highest BCUT2D eigenvalue weighted by molar-refractivity contribution is 9.10. The van der Waals surface area contributed by atoms with Gasteiger partial charge in [0.05, 0.1) is 20.8 Å². The van der Waals surface area contributed by atoms with Crippen LogP contribution in [-0.4, -0.2) is 44.0 Å². The van der Waals surface area contributed by atoms with Gasteiger partial charge in [0, 0.05) is 28.0 Å². The zero-order valence-electron chi connectivity index (χ0n) is 15.7.